The molecule has 0 saturated carbocycles. The van der Waals surface area contributed by atoms with Gasteiger partial charge < -0.3 is 5.11 Å². The summed E-state index contributed by atoms with van der Waals surface area (Å²) in [5.74, 6) is -0.841. The van der Waals surface area contributed by atoms with Crippen molar-refractivity contribution in [2.24, 2.45) is 0 Å². The van der Waals surface area contributed by atoms with Crippen molar-refractivity contribution in [3.63, 3.8) is 0 Å². The fourth-order valence-corrected chi connectivity index (χ4v) is 3.09. The summed E-state index contributed by atoms with van der Waals surface area (Å²) >= 11 is 2.62. The number of thioether (sulfide) groups is 1. The Morgan fingerprint density at radius 2 is 2.06 bits per heavy atom. The quantitative estimate of drug-likeness (QED) is 0.862. The zero-order valence-electron chi connectivity index (χ0n) is 9.03. The molecule has 0 bridgehead atoms. The Balaban J connectivity index is 2.14. The predicted molar refractivity (Wildman–Crippen MR) is 68.3 cm³/mol. The molecule has 0 aliphatic carbocycles. The van der Waals surface area contributed by atoms with Crippen LogP contribution in [0.3, 0.4) is 0 Å². The van der Waals surface area contributed by atoms with Crippen LogP contribution in [0.4, 0.5) is 0 Å². The second-order valence-corrected chi connectivity index (χ2v) is 5.90. The summed E-state index contributed by atoms with van der Waals surface area (Å²) in [5.41, 5.74) is 1.000. The van der Waals surface area contributed by atoms with E-state index in [2.05, 4.69) is 10.2 Å². The minimum atomic E-state index is -0.841. The van der Waals surface area contributed by atoms with Crippen LogP contribution >= 0.6 is 23.1 Å². The molecule has 6 heteroatoms. The first-order chi connectivity index (χ1) is 8.16. The van der Waals surface area contributed by atoms with Gasteiger partial charge in [-0.15, -0.1) is 10.2 Å². The number of benzene rings is 1. The molecule has 0 aliphatic rings. The summed E-state index contributed by atoms with van der Waals surface area (Å²) in [7, 11) is 0. The SMILES string of the molecule is CC(Sc1nnc(-c2ccccc2)s1)C(=O)O. The summed E-state index contributed by atoms with van der Waals surface area (Å²) in [6.45, 7) is 1.64. The van der Waals surface area contributed by atoms with Gasteiger partial charge in [0.15, 0.2) is 4.34 Å². The van der Waals surface area contributed by atoms with E-state index in [9.17, 15) is 4.79 Å². The highest BCUT2D eigenvalue weighted by Crippen LogP contribution is 2.31. The van der Waals surface area contributed by atoms with Crippen molar-refractivity contribution in [2.75, 3.05) is 0 Å². The van der Waals surface area contributed by atoms with Gasteiger partial charge in [-0.3, -0.25) is 4.79 Å². The molecule has 1 atom stereocenters. The van der Waals surface area contributed by atoms with Gasteiger partial charge in [0.2, 0.25) is 0 Å². The van der Waals surface area contributed by atoms with Gasteiger partial charge in [-0.25, -0.2) is 0 Å². The van der Waals surface area contributed by atoms with Crippen LogP contribution in [0.15, 0.2) is 34.7 Å². The van der Waals surface area contributed by atoms with Crippen molar-refractivity contribution >= 4 is 29.1 Å². The molecule has 0 radical (unpaired) electrons. The first-order valence-corrected chi connectivity index (χ1v) is 6.65. The maximum absolute atomic E-state index is 10.7. The lowest BCUT2D eigenvalue weighted by molar-refractivity contribution is -0.136. The third kappa shape index (κ3) is 3.04. The molecule has 2 aromatic rings. The Labute approximate surface area is 107 Å². The zero-order valence-corrected chi connectivity index (χ0v) is 10.7. The molecule has 0 amide bonds. The first kappa shape index (κ1) is 12.1. The van der Waals surface area contributed by atoms with E-state index in [1.807, 2.05) is 30.3 Å². The third-order valence-corrected chi connectivity index (χ3v) is 4.20. The van der Waals surface area contributed by atoms with Crippen LogP contribution in [0.2, 0.25) is 0 Å². The fourth-order valence-electron chi connectivity index (χ4n) is 1.16. The Morgan fingerprint density at radius 1 is 1.35 bits per heavy atom. The van der Waals surface area contributed by atoms with Gasteiger partial charge in [0, 0.05) is 5.56 Å². The van der Waals surface area contributed by atoms with Crippen LogP contribution < -0.4 is 0 Å². The normalized spacial score (nSPS) is 12.3. The van der Waals surface area contributed by atoms with Crippen LogP contribution in [-0.2, 0) is 4.79 Å². The molecule has 1 unspecified atom stereocenters. The summed E-state index contributed by atoms with van der Waals surface area (Å²) in [4.78, 5) is 10.7. The van der Waals surface area contributed by atoms with E-state index >= 15 is 0 Å². The smallest absolute Gasteiger partial charge is 0.316 e. The van der Waals surface area contributed by atoms with Crippen LogP contribution in [-0.4, -0.2) is 26.5 Å². The maximum Gasteiger partial charge on any atom is 0.316 e. The van der Waals surface area contributed by atoms with Crippen molar-refractivity contribution in [2.45, 2.75) is 16.5 Å². The topological polar surface area (TPSA) is 63.1 Å². The molecular weight excluding hydrogens is 256 g/mol. The molecule has 1 heterocycles. The van der Waals surface area contributed by atoms with Crippen LogP contribution in [0, 0.1) is 0 Å². The molecular formula is C11H10N2O2S2. The van der Waals surface area contributed by atoms with Crippen molar-refractivity contribution in [1.29, 1.82) is 0 Å². The number of hydrogen-bond donors (Lipinski definition) is 1. The summed E-state index contributed by atoms with van der Waals surface area (Å²) in [6.07, 6.45) is 0. The van der Waals surface area contributed by atoms with Gasteiger partial charge in [0.05, 0.1) is 0 Å². The number of aliphatic carboxylic acids is 1. The van der Waals surface area contributed by atoms with Gasteiger partial charge >= 0.3 is 5.97 Å². The van der Waals surface area contributed by atoms with Gasteiger partial charge in [0.1, 0.15) is 10.3 Å². The van der Waals surface area contributed by atoms with Crippen LogP contribution in [0.25, 0.3) is 10.6 Å². The second-order valence-electron chi connectivity index (χ2n) is 3.34. The van der Waals surface area contributed by atoms with Crippen molar-refractivity contribution in [3.05, 3.63) is 30.3 Å². The Kier molecular flexibility index (Phi) is 3.75. The molecule has 0 saturated heterocycles. The van der Waals surface area contributed by atoms with Crippen LogP contribution in [0.1, 0.15) is 6.92 Å². The summed E-state index contributed by atoms with van der Waals surface area (Å²) in [6, 6.07) is 9.71. The minimum Gasteiger partial charge on any atom is -0.480 e. The molecule has 0 fully saturated rings. The van der Waals surface area contributed by atoms with Crippen molar-refractivity contribution in [1.82, 2.24) is 10.2 Å². The van der Waals surface area contributed by atoms with Gasteiger partial charge in [-0.1, -0.05) is 53.4 Å². The van der Waals surface area contributed by atoms with E-state index in [0.29, 0.717) is 4.34 Å². The molecule has 17 heavy (non-hydrogen) atoms. The number of nitrogens with zero attached hydrogens (tertiary/aromatic N) is 2. The second kappa shape index (κ2) is 5.29. The summed E-state index contributed by atoms with van der Waals surface area (Å²) < 4.78 is 0.679. The van der Waals surface area contributed by atoms with Crippen molar-refractivity contribution in [3.8, 4) is 10.6 Å². The van der Waals surface area contributed by atoms with E-state index in [0.717, 1.165) is 10.6 Å². The zero-order chi connectivity index (χ0) is 12.3. The molecule has 0 spiro atoms. The van der Waals surface area contributed by atoms with E-state index in [4.69, 9.17) is 5.11 Å². The largest absolute Gasteiger partial charge is 0.480 e. The number of carboxylic acids is 1. The number of aromatic nitrogens is 2. The first-order valence-electron chi connectivity index (χ1n) is 4.95. The standard InChI is InChI=1S/C11H10N2O2S2/c1-7(10(14)15)16-11-13-12-9(17-11)8-5-3-2-4-6-8/h2-7H,1H3,(H,14,15). The lowest BCUT2D eigenvalue weighted by Crippen LogP contribution is -2.10. The lowest BCUT2D eigenvalue weighted by atomic mass is 10.2. The molecule has 1 N–H and O–H groups in total. The average molecular weight is 266 g/mol. The lowest BCUT2D eigenvalue weighted by Gasteiger charge is -2.00. The molecule has 2 rings (SSSR count). The summed E-state index contributed by atoms with van der Waals surface area (Å²) in [5, 5.41) is 17.1. The van der Waals surface area contributed by atoms with Gasteiger partial charge in [-0.05, 0) is 6.92 Å². The number of rotatable bonds is 4. The van der Waals surface area contributed by atoms with E-state index < -0.39 is 11.2 Å². The monoisotopic (exact) mass is 266 g/mol. The highest BCUT2D eigenvalue weighted by atomic mass is 32.2. The fraction of sp³-hybridized carbons (Fsp3) is 0.182. The number of carbonyl (C=O) groups is 1. The van der Waals surface area contributed by atoms with E-state index in [1.54, 1.807) is 6.92 Å². The molecule has 4 nitrogen and oxygen atoms in total. The third-order valence-electron chi connectivity index (χ3n) is 2.05. The molecule has 1 aromatic carbocycles. The molecule has 0 aliphatic heterocycles. The average Bonchev–Trinajstić information content (AvgIpc) is 2.78. The minimum absolute atomic E-state index is 0.508. The Morgan fingerprint density at radius 3 is 2.71 bits per heavy atom. The number of carboxylic acid groups (broad SMARTS) is 1. The van der Waals surface area contributed by atoms with Gasteiger partial charge in [0.25, 0.3) is 0 Å². The van der Waals surface area contributed by atoms with Gasteiger partial charge in [-0.2, -0.15) is 0 Å². The molecule has 88 valence electrons. The predicted octanol–water partition coefficient (Wildman–Crippen LogP) is 2.77. The van der Waals surface area contributed by atoms with Crippen molar-refractivity contribution < 1.29 is 9.90 Å². The maximum atomic E-state index is 10.7. The van der Waals surface area contributed by atoms with Crippen LogP contribution in [0.5, 0.6) is 0 Å². The number of hydrogen-bond acceptors (Lipinski definition) is 5. The highest BCUT2D eigenvalue weighted by molar-refractivity contribution is 8.02. The van der Waals surface area contributed by atoms with E-state index in [-0.39, 0.29) is 0 Å². The van der Waals surface area contributed by atoms with E-state index in [1.165, 1.54) is 23.1 Å². The Hall–Kier alpha value is -1.40. The highest BCUT2D eigenvalue weighted by Gasteiger charge is 2.16. The Bertz CT molecular complexity index is 513. The molecule has 1 aromatic heterocycles.